The van der Waals surface area contributed by atoms with E-state index < -0.39 is 6.04 Å². The van der Waals surface area contributed by atoms with E-state index in [-0.39, 0.29) is 24.1 Å². The molecule has 0 spiro atoms. The number of nitrogens with one attached hydrogen (secondary N) is 3. The number of aromatic nitrogens is 3. The van der Waals surface area contributed by atoms with Crippen LogP contribution in [0.25, 0.3) is 33.8 Å². The molecule has 11 nitrogen and oxygen atoms in total. The lowest BCUT2D eigenvalue weighted by molar-refractivity contribution is -0.136. The molecule has 3 amide bonds. The summed E-state index contributed by atoms with van der Waals surface area (Å²) in [4.78, 5) is 56.6. The van der Waals surface area contributed by atoms with Crippen LogP contribution in [0.15, 0.2) is 107 Å². The van der Waals surface area contributed by atoms with Crippen LogP contribution < -0.4 is 10.6 Å². The number of hydrogen-bond donors (Lipinski definition) is 3. The molecule has 1 unspecified atom stereocenters. The number of hydrogen-bond acceptors (Lipinski definition) is 7. The summed E-state index contributed by atoms with van der Waals surface area (Å²) in [5.41, 5.74) is 6.23. The zero-order valence-electron chi connectivity index (χ0n) is 32.1. The van der Waals surface area contributed by atoms with Gasteiger partial charge in [-0.05, 0) is 74.9 Å². The Hall–Kier alpha value is -5.97. The van der Waals surface area contributed by atoms with E-state index in [2.05, 4.69) is 46.3 Å². The number of H-pyrrole nitrogens is 1. The van der Waals surface area contributed by atoms with Gasteiger partial charge in [0.2, 0.25) is 17.7 Å². The molecular formula is C44H51N7O4. The van der Waals surface area contributed by atoms with Crippen LogP contribution in [0.2, 0.25) is 0 Å². The average molecular weight is 742 g/mol. The van der Waals surface area contributed by atoms with Gasteiger partial charge < -0.3 is 29.8 Å². The number of rotatable bonds is 16. The molecular weight excluding hydrogens is 691 g/mol. The number of amides is 3. The van der Waals surface area contributed by atoms with E-state index in [9.17, 15) is 14.4 Å². The first-order chi connectivity index (χ1) is 26.8. The molecule has 0 saturated heterocycles. The first-order valence-electron chi connectivity index (χ1n) is 19.3. The van der Waals surface area contributed by atoms with Crippen LogP contribution in [0.5, 0.6) is 0 Å². The van der Waals surface area contributed by atoms with Gasteiger partial charge in [-0.25, -0.2) is 9.97 Å². The van der Waals surface area contributed by atoms with Gasteiger partial charge in [0.1, 0.15) is 11.9 Å². The maximum Gasteiger partial charge on any atom is 0.251 e. The predicted molar refractivity (Wildman–Crippen MR) is 219 cm³/mol. The number of imidazole rings is 1. The van der Waals surface area contributed by atoms with Crippen LogP contribution in [0.3, 0.4) is 0 Å². The van der Waals surface area contributed by atoms with Crippen molar-refractivity contribution in [3.63, 3.8) is 0 Å². The molecule has 2 aromatic heterocycles. The third kappa shape index (κ3) is 9.59. The fourth-order valence-corrected chi connectivity index (χ4v) is 6.91. The quantitative estimate of drug-likeness (QED) is 0.0772. The summed E-state index contributed by atoms with van der Waals surface area (Å²) in [6.45, 7) is 12.2. The number of oxazole rings is 1. The molecule has 3 heterocycles. The summed E-state index contributed by atoms with van der Waals surface area (Å²) >= 11 is 0. The highest BCUT2D eigenvalue weighted by molar-refractivity contribution is 6.02. The Labute approximate surface area is 323 Å². The molecule has 55 heavy (non-hydrogen) atoms. The standard InChI is InChI=1S/C44H51N7O4/c1-5-8-15-30(4)25-41(53)51-24-13-12-20-37(51)43(54)49-35-19-14-18-33(42(35)45-7-3)44-46-28-38(55-44)32-21-22-34-36(27-32)48-39(47-34)29-50(23-6-2)40(52)26-31-16-10-9-11-17-31/h8-10,12,14-16,18-22,27-28,37,45H,4-7,11,13,17,23-26,29H2,1-3H3,(H,47,48)(H,49,54)/b15-8-. The lowest BCUT2D eigenvalue weighted by Gasteiger charge is -2.32. The van der Waals surface area contributed by atoms with E-state index in [1.807, 2.05) is 79.4 Å². The molecule has 3 N–H and O–H groups in total. The molecule has 11 heteroatoms. The van der Waals surface area contributed by atoms with E-state index in [1.165, 1.54) is 5.57 Å². The van der Waals surface area contributed by atoms with E-state index >= 15 is 0 Å². The van der Waals surface area contributed by atoms with Gasteiger partial charge in [0, 0.05) is 31.6 Å². The summed E-state index contributed by atoms with van der Waals surface area (Å²) in [6.07, 6.45) is 20.3. The summed E-state index contributed by atoms with van der Waals surface area (Å²) in [5.74, 6) is 1.35. The fraction of sp³-hybridized carbons (Fsp3) is 0.341. The number of benzene rings is 2. The highest BCUT2D eigenvalue weighted by Crippen LogP contribution is 2.36. The lowest BCUT2D eigenvalue weighted by atomic mass is 10.0. The Bertz CT molecular complexity index is 2150. The van der Waals surface area contributed by atoms with Crippen molar-refractivity contribution in [2.24, 2.45) is 0 Å². The number of nitrogens with zero attached hydrogens (tertiary/aromatic N) is 4. The van der Waals surface area contributed by atoms with Crippen molar-refractivity contribution >= 4 is 40.1 Å². The van der Waals surface area contributed by atoms with Crippen LogP contribution in [-0.4, -0.2) is 68.1 Å². The zero-order valence-corrected chi connectivity index (χ0v) is 32.1. The molecule has 0 fully saturated rings. The smallest absolute Gasteiger partial charge is 0.251 e. The minimum atomic E-state index is -0.749. The fourth-order valence-electron chi connectivity index (χ4n) is 6.91. The van der Waals surface area contributed by atoms with E-state index in [0.29, 0.717) is 73.2 Å². The lowest BCUT2D eigenvalue weighted by Crippen LogP contribution is -2.48. The maximum atomic E-state index is 13.8. The third-order valence-electron chi connectivity index (χ3n) is 9.64. The molecule has 0 bridgehead atoms. The molecule has 286 valence electrons. The van der Waals surface area contributed by atoms with Crippen LogP contribution in [0, 0.1) is 0 Å². The summed E-state index contributed by atoms with van der Waals surface area (Å²) in [6, 6.07) is 10.7. The second-order valence-corrected chi connectivity index (χ2v) is 13.9. The van der Waals surface area contributed by atoms with Gasteiger partial charge in [-0.15, -0.1) is 0 Å². The van der Waals surface area contributed by atoms with Gasteiger partial charge in [0.15, 0.2) is 5.76 Å². The van der Waals surface area contributed by atoms with E-state index in [0.717, 1.165) is 48.1 Å². The highest BCUT2D eigenvalue weighted by Gasteiger charge is 2.30. The van der Waals surface area contributed by atoms with Crippen LogP contribution >= 0.6 is 0 Å². The molecule has 4 aromatic rings. The van der Waals surface area contributed by atoms with Crippen molar-refractivity contribution in [3.05, 3.63) is 109 Å². The second kappa shape index (κ2) is 18.4. The second-order valence-electron chi connectivity index (χ2n) is 13.9. The summed E-state index contributed by atoms with van der Waals surface area (Å²) in [5, 5.41) is 6.45. The SMILES string of the molecule is C=C(/C=C\CC)CC(=O)N1CCC=CC1C(=O)Nc1cccc(-c2ncc(-c3ccc4nc(CN(CCC)C(=O)CC5=CC=CCC5)[nH]c4c3)o2)c1NCC. The minimum Gasteiger partial charge on any atom is -0.436 e. The minimum absolute atomic E-state index is 0.111. The molecule has 2 aromatic carbocycles. The number of para-hydroxylation sites is 1. The van der Waals surface area contributed by atoms with Gasteiger partial charge in [-0.2, -0.15) is 0 Å². The number of fused-ring (bicyclic) bond motifs is 1. The van der Waals surface area contributed by atoms with Crippen LogP contribution in [-0.2, 0) is 20.9 Å². The number of allylic oxidation sites excluding steroid dienone is 5. The van der Waals surface area contributed by atoms with Crippen molar-refractivity contribution in [1.29, 1.82) is 0 Å². The molecule has 0 saturated carbocycles. The molecule has 1 aliphatic heterocycles. The van der Waals surface area contributed by atoms with Crippen molar-refractivity contribution < 1.29 is 18.8 Å². The third-order valence-corrected chi connectivity index (χ3v) is 9.64. The van der Waals surface area contributed by atoms with Gasteiger partial charge in [-0.3, -0.25) is 14.4 Å². The van der Waals surface area contributed by atoms with E-state index in [1.54, 1.807) is 17.2 Å². The van der Waals surface area contributed by atoms with Gasteiger partial charge in [-0.1, -0.05) is 74.6 Å². The molecule has 1 aliphatic carbocycles. The molecule has 2 aliphatic rings. The van der Waals surface area contributed by atoms with Crippen LogP contribution in [0.4, 0.5) is 11.4 Å². The topological polar surface area (TPSA) is 136 Å². The summed E-state index contributed by atoms with van der Waals surface area (Å²) < 4.78 is 6.35. The van der Waals surface area contributed by atoms with Crippen molar-refractivity contribution in [2.75, 3.05) is 30.3 Å². The molecule has 1 atom stereocenters. The number of aromatic amines is 1. The van der Waals surface area contributed by atoms with Crippen molar-refractivity contribution in [1.82, 2.24) is 24.8 Å². The molecule has 6 rings (SSSR count). The van der Waals surface area contributed by atoms with Crippen molar-refractivity contribution in [2.45, 2.75) is 78.3 Å². The highest BCUT2D eigenvalue weighted by atomic mass is 16.4. The van der Waals surface area contributed by atoms with Gasteiger partial charge in [0.05, 0.1) is 47.1 Å². The van der Waals surface area contributed by atoms with Gasteiger partial charge in [0.25, 0.3) is 5.91 Å². The predicted octanol–water partition coefficient (Wildman–Crippen LogP) is 8.73. The Morgan fingerprint density at radius 3 is 2.78 bits per heavy atom. The number of carbonyl (C=O) groups excluding carboxylic acids is 3. The normalized spacial score (nSPS) is 15.4. The largest absolute Gasteiger partial charge is 0.436 e. The van der Waals surface area contributed by atoms with Crippen molar-refractivity contribution in [3.8, 4) is 22.8 Å². The van der Waals surface area contributed by atoms with Crippen LogP contribution in [0.1, 0.15) is 71.5 Å². The first-order valence-corrected chi connectivity index (χ1v) is 19.3. The number of anilines is 2. The molecule has 0 radical (unpaired) electrons. The Morgan fingerprint density at radius 2 is 2.00 bits per heavy atom. The average Bonchev–Trinajstić information content (AvgIpc) is 3.85. The Morgan fingerprint density at radius 1 is 1.13 bits per heavy atom. The monoisotopic (exact) mass is 741 g/mol. The number of carbonyl (C=O) groups is 3. The maximum absolute atomic E-state index is 13.8. The van der Waals surface area contributed by atoms with Gasteiger partial charge >= 0.3 is 0 Å². The zero-order chi connectivity index (χ0) is 38.7. The van der Waals surface area contributed by atoms with E-state index in [4.69, 9.17) is 9.40 Å². The summed E-state index contributed by atoms with van der Waals surface area (Å²) in [7, 11) is 0. The Balaban J connectivity index is 1.18. The Kier molecular flexibility index (Phi) is 12.9. The first kappa shape index (κ1) is 38.7.